The summed E-state index contributed by atoms with van der Waals surface area (Å²) in [6.07, 6.45) is 1.68. The summed E-state index contributed by atoms with van der Waals surface area (Å²) in [7, 11) is 0. The minimum Gasteiger partial charge on any atom is -0.490 e. The van der Waals surface area contributed by atoms with Gasteiger partial charge < -0.3 is 9.47 Å². The molecule has 10 heteroatoms. The summed E-state index contributed by atoms with van der Waals surface area (Å²) >= 11 is 21.2. The van der Waals surface area contributed by atoms with Crippen LogP contribution < -0.4 is 9.47 Å². The number of carbonyl (C=O) groups excluding carboxylic acids is 2. The first kappa shape index (κ1) is 27.1. The number of amides is 2. The molecule has 3 aromatic rings. The number of nitrogens with zero attached hydrogens (tertiary/aromatic N) is 1. The van der Waals surface area contributed by atoms with Gasteiger partial charge in [-0.25, -0.2) is 0 Å². The average molecular weight is 675 g/mol. The molecule has 0 spiro atoms. The van der Waals surface area contributed by atoms with Crippen LogP contribution in [0, 0.1) is 3.57 Å². The molecule has 186 valence electrons. The number of carbonyl (C=O) groups is 2. The molecule has 2 amide bonds. The average Bonchev–Trinajstić information content (AvgIpc) is 3.08. The zero-order valence-electron chi connectivity index (χ0n) is 18.9. The van der Waals surface area contributed by atoms with Gasteiger partial charge in [0.25, 0.3) is 11.1 Å². The number of rotatable bonds is 8. The molecule has 1 saturated heterocycles. The number of hydrogen-bond acceptors (Lipinski definition) is 5. The molecule has 0 aromatic heterocycles. The van der Waals surface area contributed by atoms with Gasteiger partial charge in [0.2, 0.25) is 0 Å². The van der Waals surface area contributed by atoms with E-state index in [0.29, 0.717) is 50.2 Å². The van der Waals surface area contributed by atoms with Crippen molar-refractivity contribution in [3.05, 3.63) is 94.8 Å². The van der Waals surface area contributed by atoms with Gasteiger partial charge >= 0.3 is 0 Å². The van der Waals surface area contributed by atoms with Crippen molar-refractivity contribution < 1.29 is 19.1 Å². The molecule has 1 aliphatic heterocycles. The van der Waals surface area contributed by atoms with Crippen LogP contribution in [-0.4, -0.2) is 22.7 Å². The molecule has 1 heterocycles. The van der Waals surface area contributed by atoms with Crippen LogP contribution in [0.4, 0.5) is 4.79 Å². The molecule has 36 heavy (non-hydrogen) atoms. The van der Waals surface area contributed by atoms with Gasteiger partial charge in [-0.05, 0) is 100 Å². The van der Waals surface area contributed by atoms with E-state index in [1.807, 2.05) is 37.3 Å². The monoisotopic (exact) mass is 673 g/mol. The van der Waals surface area contributed by atoms with Gasteiger partial charge in [-0.1, -0.05) is 53.0 Å². The summed E-state index contributed by atoms with van der Waals surface area (Å²) in [6.45, 7) is 2.74. The predicted molar refractivity (Wildman–Crippen MR) is 154 cm³/mol. The lowest BCUT2D eigenvalue weighted by molar-refractivity contribution is -0.123. The molecule has 1 aliphatic rings. The van der Waals surface area contributed by atoms with Crippen molar-refractivity contribution in [1.82, 2.24) is 4.90 Å². The van der Waals surface area contributed by atoms with Gasteiger partial charge in [-0.15, -0.1) is 0 Å². The van der Waals surface area contributed by atoms with Gasteiger partial charge in [-0.2, -0.15) is 0 Å². The van der Waals surface area contributed by atoms with Gasteiger partial charge in [0, 0.05) is 15.1 Å². The maximum absolute atomic E-state index is 13.0. The molecule has 0 saturated carbocycles. The Labute approximate surface area is 241 Å². The molecule has 4 rings (SSSR count). The first-order valence-corrected chi connectivity index (χ1v) is 13.8. The fourth-order valence-electron chi connectivity index (χ4n) is 3.42. The van der Waals surface area contributed by atoms with Crippen LogP contribution in [0.15, 0.2) is 59.5 Å². The molecule has 0 bridgehead atoms. The third-order valence-corrected chi connectivity index (χ3v) is 7.69. The minimum absolute atomic E-state index is 0.0667. The van der Waals surface area contributed by atoms with E-state index in [9.17, 15) is 9.59 Å². The van der Waals surface area contributed by atoms with Crippen LogP contribution in [0.3, 0.4) is 0 Å². The Morgan fingerprint density at radius 2 is 1.69 bits per heavy atom. The molecule has 0 N–H and O–H groups in total. The Kier molecular flexibility index (Phi) is 9.11. The lowest BCUT2D eigenvalue weighted by Crippen LogP contribution is -2.27. The van der Waals surface area contributed by atoms with Gasteiger partial charge in [0.1, 0.15) is 6.61 Å². The predicted octanol–water partition coefficient (Wildman–Crippen LogP) is 8.47. The van der Waals surface area contributed by atoms with Crippen LogP contribution in [0.1, 0.15) is 23.6 Å². The second-order valence-electron chi connectivity index (χ2n) is 7.68. The van der Waals surface area contributed by atoms with Crippen LogP contribution in [0.2, 0.25) is 15.1 Å². The summed E-state index contributed by atoms with van der Waals surface area (Å²) in [5, 5.41) is 1.18. The Balaban J connectivity index is 1.55. The lowest BCUT2D eigenvalue weighted by atomic mass is 10.1. The highest BCUT2D eigenvalue weighted by atomic mass is 127. The molecule has 5 nitrogen and oxygen atoms in total. The molecule has 3 aromatic carbocycles. The molecule has 0 aliphatic carbocycles. The van der Waals surface area contributed by atoms with Crippen molar-refractivity contribution in [2.45, 2.75) is 20.1 Å². The van der Waals surface area contributed by atoms with Crippen LogP contribution in [0.5, 0.6) is 11.5 Å². The molecular formula is C26H19Cl3INO4S. The smallest absolute Gasteiger partial charge is 0.293 e. The summed E-state index contributed by atoms with van der Waals surface area (Å²) in [5.41, 5.74) is 2.33. The molecular weight excluding hydrogens is 656 g/mol. The maximum Gasteiger partial charge on any atom is 0.293 e. The van der Waals surface area contributed by atoms with Gasteiger partial charge in [0.15, 0.2) is 11.5 Å². The number of ether oxygens (including phenoxy) is 2. The second kappa shape index (κ2) is 12.1. The van der Waals surface area contributed by atoms with E-state index < -0.39 is 0 Å². The number of hydrogen-bond donors (Lipinski definition) is 0. The fourth-order valence-corrected chi connectivity index (χ4v) is 5.63. The normalized spacial score (nSPS) is 14.6. The maximum atomic E-state index is 13.0. The van der Waals surface area contributed by atoms with E-state index in [4.69, 9.17) is 44.3 Å². The standard InChI is InChI=1S/C26H19Cl3INO4S/c1-2-34-22-10-16(9-21(30)24(22)35-14-15-3-6-18(27)7-4-15)11-23-25(32)31(26(33)36-23)13-17-5-8-19(28)12-20(17)29/h3-12H,2,13-14H2,1H3/b23-11-. The quantitative estimate of drug-likeness (QED) is 0.177. The highest BCUT2D eigenvalue weighted by molar-refractivity contribution is 14.1. The van der Waals surface area contributed by atoms with Crippen LogP contribution in [0.25, 0.3) is 6.08 Å². The molecule has 0 atom stereocenters. The third kappa shape index (κ3) is 6.50. The summed E-state index contributed by atoms with van der Waals surface area (Å²) in [5.74, 6) is 0.777. The van der Waals surface area contributed by atoms with Crippen LogP contribution in [-0.2, 0) is 17.9 Å². The molecule has 0 radical (unpaired) electrons. The first-order chi connectivity index (χ1) is 17.2. The Hall–Kier alpha value is -1.91. The van der Waals surface area contributed by atoms with E-state index in [2.05, 4.69) is 22.6 Å². The molecule has 1 fully saturated rings. The van der Waals surface area contributed by atoms with E-state index in [1.54, 1.807) is 30.3 Å². The molecule has 0 unspecified atom stereocenters. The van der Waals surface area contributed by atoms with E-state index in [1.165, 1.54) is 4.90 Å². The van der Waals surface area contributed by atoms with Gasteiger partial charge in [0.05, 0.1) is 21.6 Å². The lowest BCUT2D eigenvalue weighted by Gasteiger charge is -2.15. The van der Waals surface area contributed by atoms with Gasteiger partial charge in [-0.3, -0.25) is 14.5 Å². The van der Waals surface area contributed by atoms with Crippen molar-refractivity contribution in [3.8, 4) is 11.5 Å². The zero-order valence-corrected chi connectivity index (χ0v) is 24.1. The number of halogens is 4. The second-order valence-corrected chi connectivity index (χ2v) is 11.1. The number of benzene rings is 3. The summed E-state index contributed by atoms with van der Waals surface area (Å²) < 4.78 is 12.7. The summed E-state index contributed by atoms with van der Waals surface area (Å²) in [6, 6.07) is 16.1. The minimum atomic E-state index is -0.382. The van der Waals surface area contributed by atoms with Crippen LogP contribution >= 0.6 is 69.2 Å². The fraction of sp³-hybridized carbons (Fsp3) is 0.154. The van der Waals surface area contributed by atoms with E-state index in [0.717, 1.165) is 26.5 Å². The zero-order chi connectivity index (χ0) is 25.8. The van der Waals surface area contributed by atoms with Crippen molar-refractivity contribution >= 4 is 86.4 Å². The van der Waals surface area contributed by atoms with Crippen molar-refractivity contribution in [1.29, 1.82) is 0 Å². The number of imide groups is 1. The number of thioether (sulfide) groups is 1. The third-order valence-electron chi connectivity index (χ3n) is 5.14. The Morgan fingerprint density at radius 3 is 2.39 bits per heavy atom. The van der Waals surface area contributed by atoms with Crippen molar-refractivity contribution in [3.63, 3.8) is 0 Å². The van der Waals surface area contributed by atoms with Crippen molar-refractivity contribution in [2.24, 2.45) is 0 Å². The Morgan fingerprint density at radius 1 is 0.972 bits per heavy atom. The van der Waals surface area contributed by atoms with E-state index in [-0.39, 0.29) is 17.7 Å². The highest BCUT2D eigenvalue weighted by Gasteiger charge is 2.35. The van der Waals surface area contributed by atoms with E-state index >= 15 is 0 Å². The topological polar surface area (TPSA) is 55.8 Å². The Bertz CT molecular complexity index is 1350. The largest absolute Gasteiger partial charge is 0.490 e. The highest BCUT2D eigenvalue weighted by Crippen LogP contribution is 2.38. The summed E-state index contributed by atoms with van der Waals surface area (Å²) in [4.78, 5) is 27.1. The SMILES string of the molecule is CCOc1cc(/C=C2\SC(=O)N(Cc3ccc(Cl)cc3Cl)C2=O)cc(I)c1OCc1ccc(Cl)cc1. The van der Waals surface area contributed by atoms with Crippen molar-refractivity contribution in [2.75, 3.05) is 6.61 Å². The first-order valence-electron chi connectivity index (χ1n) is 10.8.